The molecule has 9 heteroatoms. The fourth-order valence-corrected chi connectivity index (χ4v) is 4.32. The topological polar surface area (TPSA) is 85.4 Å². The van der Waals surface area contributed by atoms with Crippen LogP contribution in [-0.4, -0.2) is 45.7 Å². The monoisotopic (exact) mass is 487 g/mol. The average Bonchev–Trinajstić information content (AvgIpc) is 2.73. The highest BCUT2D eigenvalue weighted by molar-refractivity contribution is 9.10. The third-order valence-electron chi connectivity index (χ3n) is 5.42. The van der Waals surface area contributed by atoms with E-state index >= 15 is 0 Å². The number of nitrogens with zero attached hydrogens (tertiary/aromatic N) is 5. The van der Waals surface area contributed by atoms with Crippen molar-refractivity contribution in [2.75, 3.05) is 31.1 Å². The van der Waals surface area contributed by atoms with Gasteiger partial charge in [0, 0.05) is 49.8 Å². The zero-order valence-corrected chi connectivity index (χ0v) is 18.6. The number of hydrogen-bond acceptors (Lipinski definition) is 6. The second kappa shape index (κ2) is 8.26. The Morgan fingerprint density at radius 2 is 1.97 bits per heavy atom. The number of hydrogen-bond donors (Lipinski definition) is 1. The van der Waals surface area contributed by atoms with Gasteiger partial charge in [-0.2, -0.15) is 5.26 Å². The first kappa shape index (κ1) is 20.7. The lowest BCUT2D eigenvalue weighted by Gasteiger charge is -2.36. The van der Waals surface area contributed by atoms with Gasteiger partial charge in [-0.05, 0) is 24.3 Å². The molecule has 0 radical (unpaired) electrons. The number of benzene rings is 1. The lowest BCUT2D eigenvalue weighted by molar-refractivity contribution is 0.247. The molecular formula is C21H19BrClN5O2. The highest BCUT2D eigenvalue weighted by Crippen LogP contribution is 2.30. The van der Waals surface area contributed by atoms with Gasteiger partial charge < -0.3 is 14.6 Å². The van der Waals surface area contributed by atoms with E-state index in [2.05, 4.69) is 31.9 Å². The van der Waals surface area contributed by atoms with Crippen LogP contribution < -0.4 is 10.5 Å². The molecule has 0 spiro atoms. The summed E-state index contributed by atoms with van der Waals surface area (Å²) in [6.45, 7) is 3.32. The Kier molecular flexibility index (Phi) is 5.69. The average molecular weight is 489 g/mol. The van der Waals surface area contributed by atoms with Crippen LogP contribution in [0.15, 0.2) is 39.6 Å². The molecule has 0 atom stereocenters. The summed E-state index contributed by atoms with van der Waals surface area (Å²) >= 11 is 9.48. The van der Waals surface area contributed by atoms with E-state index in [9.17, 15) is 15.2 Å². The fraction of sp³-hybridized carbons (Fsp3) is 0.286. The van der Waals surface area contributed by atoms with E-state index in [1.54, 1.807) is 25.2 Å². The van der Waals surface area contributed by atoms with Crippen molar-refractivity contribution in [1.29, 1.82) is 5.26 Å². The number of aromatic nitrogens is 2. The summed E-state index contributed by atoms with van der Waals surface area (Å²) in [5.74, 6) is 0.259. The zero-order valence-electron chi connectivity index (χ0n) is 16.3. The van der Waals surface area contributed by atoms with Crippen LogP contribution in [0, 0.1) is 11.3 Å². The van der Waals surface area contributed by atoms with E-state index < -0.39 is 0 Å². The molecule has 1 aromatic carbocycles. The van der Waals surface area contributed by atoms with Gasteiger partial charge in [0.25, 0.3) is 5.56 Å². The van der Waals surface area contributed by atoms with Crippen LogP contribution in [0.2, 0.25) is 5.15 Å². The summed E-state index contributed by atoms with van der Waals surface area (Å²) in [5.41, 5.74) is 2.34. The van der Waals surface area contributed by atoms with Gasteiger partial charge >= 0.3 is 0 Å². The van der Waals surface area contributed by atoms with Crippen molar-refractivity contribution in [2.45, 2.75) is 6.54 Å². The number of aromatic hydroxyl groups is 1. The minimum Gasteiger partial charge on any atom is -0.508 e. The zero-order chi connectivity index (χ0) is 21.4. The van der Waals surface area contributed by atoms with Gasteiger partial charge in [0.05, 0.1) is 11.2 Å². The Morgan fingerprint density at radius 3 is 2.63 bits per heavy atom. The molecule has 0 bridgehead atoms. The number of fused-ring (bicyclic) bond motifs is 1. The lowest BCUT2D eigenvalue weighted by Crippen LogP contribution is -2.47. The lowest BCUT2D eigenvalue weighted by atomic mass is 10.1. The number of phenolic OH excluding ortho intramolecular Hbond substituents is 1. The number of aryl methyl sites for hydroxylation is 1. The molecule has 1 aliphatic rings. The summed E-state index contributed by atoms with van der Waals surface area (Å²) in [5, 5.41) is 20.2. The molecule has 2 aromatic heterocycles. The van der Waals surface area contributed by atoms with E-state index in [1.807, 2.05) is 17.0 Å². The summed E-state index contributed by atoms with van der Waals surface area (Å²) in [7, 11) is 1.63. The molecule has 0 saturated carbocycles. The molecule has 0 aliphatic carbocycles. The molecule has 1 N–H and O–H groups in total. The van der Waals surface area contributed by atoms with Crippen molar-refractivity contribution in [3.8, 4) is 11.8 Å². The van der Waals surface area contributed by atoms with Crippen LogP contribution in [0.4, 0.5) is 5.69 Å². The molecule has 7 nitrogen and oxygen atoms in total. The number of phenols is 1. The molecular weight excluding hydrogens is 470 g/mol. The van der Waals surface area contributed by atoms with Crippen molar-refractivity contribution in [3.05, 3.63) is 61.4 Å². The Bertz CT molecular complexity index is 1230. The number of anilines is 1. The molecule has 4 rings (SSSR count). The van der Waals surface area contributed by atoms with Gasteiger partial charge in [0.1, 0.15) is 28.1 Å². The Hall–Kier alpha value is -2.60. The highest BCUT2D eigenvalue weighted by Gasteiger charge is 2.25. The molecule has 30 heavy (non-hydrogen) atoms. The van der Waals surface area contributed by atoms with Crippen LogP contribution in [0.3, 0.4) is 0 Å². The first-order chi connectivity index (χ1) is 14.4. The standard InChI is InChI=1S/C21H19BrClN5O2/c1-26-16-4-5-18(23)25-19(16)20(15(11-24)21(26)30)28-8-6-27(7-9-28)12-13-2-3-14(22)10-17(13)29/h2-5,10,29H,6-9,12H2,1H3. The molecule has 3 aromatic rings. The predicted octanol–water partition coefficient (Wildman–Crippen LogP) is 3.25. The molecule has 1 fully saturated rings. The van der Waals surface area contributed by atoms with Crippen molar-refractivity contribution < 1.29 is 5.11 Å². The minimum atomic E-state index is -0.341. The van der Waals surface area contributed by atoms with Crippen molar-refractivity contribution in [3.63, 3.8) is 0 Å². The molecule has 3 heterocycles. The molecule has 0 unspecified atom stereocenters. The van der Waals surface area contributed by atoms with Gasteiger partial charge in [-0.1, -0.05) is 33.6 Å². The molecule has 154 valence electrons. The van der Waals surface area contributed by atoms with Gasteiger partial charge in [0.2, 0.25) is 0 Å². The Balaban J connectivity index is 1.63. The summed E-state index contributed by atoms with van der Waals surface area (Å²) in [4.78, 5) is 21.4. The van der Waals surface area contributed by atoms with Crippen LogP contribution in [-0.2, 0) is 13.6 Å². The summed E-state index contributed by atoms with van der Waals surface area (Å²) < 4.78 is 2.27. The third kappa shape index (κ3) is 3.76. The van der Waals surface area contributed by atoms with E-state index in [1.165, 1.54) is 4.57 Å². The van der Waals surface area contributed by atoms with E-state index in [-0.39, 0.29) is 16.9 Å². The van der Waals surface area contributed by atoms with Crippen LogP contribution in [0.5, 0.6) is 5.75 Å². The smallest absolute Gasteiger partial charge is 0.270 e. The maximum absolute atomic E-state index is 12.7. The van der Waals surface area contributed by atoms with E-state index in [0.717, 1.165) is 23.1 Å². The highest BCUT2D eigenvalue weighted by atomic mass is 79.9. The maximum Gasteiger partial charge on any atom is 0.270 e. The normalized spacial score (nSPS) is 14.8. The van der Waals surface area contributed by atoms with Gasteiger partial charge in [-0.25, -0.2) is 4.98 Å². The van der Waals surface area contributed by atoms with Crippen molar-refractivity contribution in [1.82, 2.24) is 14.5 Å². The largest absolute Gasteiger partial charge is 0.508 e. The van der Waals surface area contributed by atoms with Crippen LogP contribution in [0.1, 0.15) is 11.1 Å². The van der Waals surface area contributed by atoms with E-state index in [0.29, 0.717) is 41.5 Å². The quantitative estimate of drug-likeness (QED) is 0.570. The van der Waals surface area contributed by atoms with Gasteiger partial charge in [-0.3, -0.25) is 9.69 Å². The molecule has 0 amide bonds. The number of halogens is 2. The van der Waals surface area contributed by atoms with Gasteiger partial charge in [-0.15, -0.1) is 0 Å². The Morgan fingerprint density at radius 1 is 1.23 bits per heavy atom. The van der Waals surface area contributed by atoms with Crippen molar-refractivity contribution in [2.24, 2.45) is 7.05 Å². The predicted molar refractivity (Wildman–Crippen MR) is 120 cm³/mol. The second-order valence-corrected chi connectivity index (χ2v) is 8.54. The van der Waals surface area contributed by atoms with Gasteiger partial charge in [0.15, 0.2) is 0 Å². The number of piperazine rings is 1. The summed E-state index contributed by atoms with van der Waals surface area (Å²) in [6.07, 6.45) is 0. The number of rotatable bonds is 3. The first-order valence-electron chi connectivity index (χ1n) is 9.43. The molecule has 1 saturated heterocycles. The molecule has 1 aliphatic heterocycles. The second-order valence-electron chi connectivity index (χ2n) is 7.24. The van der Waals surface area contributed by atoms with E-state index in [4.69, 9.17) is 11.6 Å². The summed E-state index contributed by atoms with van der Waals surface area (Å²) in [6, 6.07) is 11.0. The minimum absolute atomic E-state index is 0.0822. The Labute approximate surface area is 186 Å². The number of pyridine rings is 2. The van der Waals surface area contributed by atoms with Crippen LogP contribution in [0.25, 0.3) is 11.0 Å². The van der Waals surface area contributed by atoms with Crippen molar-refractivity contribution >= 4 is 44.3 Å². The maximum atomic E-state index is 12.7. The first-order valence-corrected chi connectivity index (χ1v) is 10.6. The number of nitriles is 1. The third-order valence-corrected chi connectivity index (χ3v) is 6.13. The fourth-order valence-electron chi connectivity index (χ4n) is 3.82. The van der Waals surface area contributed by atoms with Crippen LogP contribution >= 0.6 is 27.5 Å². The SMILES string of the molecule is Cn1c(=O)c(C#N)c(N2CCN(Cc3ccc(Br)cc3O)CC2)c2nc(Cl)ccc21.